The Morgan fingerprint density at radius 1 is 1.44 bits per heavy atom. The second-order valence-electron chi connectivity index (χ2n) is 3.25. The fourth-order valence-corrected chi connectivity index (χ4v) is 1.29. The SMILES string of the molecule is COC(=O)c1ccnc(-c2cc(C)no2)c1. The molecule has 0 radical (unpaired) electrons. The molecule has 0 spiro atoms. The van der Waals surface area contributed by atoms with E-state index in [0.29, 0.717) is 17.0 Å². The first kappa shape index (κ1) is 10.4. The summed E-state index contributed by atoms with van der Waals surface area (Å²) >= 11 is 0. The van der Waals surface area contributed by atoms with Gasteiger partial charge in [0.2, 0.25) is 0 Å². The van der Waals surface area contributed by atoms with Gasteiger partial charge in [-0.3, -0.25) is 4.98 Å². The van der Waals surface area contributed by atoms with Crippen molar-refractivity contribution in [2.24, 2.45) is 0 Å². The van der Waals surface area contributed by atoms with Crippen LogP contribution < -0.4 is 0 Å². The van der Waals surface area contributed by atoms with Crippen molar-refractivity contribution in [1.82, 2.24) is 10.1 Å². The van der Waals surface area contributed by atoms with Gasteiger partial charge in [0.1, 0.15) is 5.69 Å². The quantitative estimate of drug-likeness (QED) is 0.719. The average Bonchev–Trinajstić information content (AvgIpc) is 2.75. The fourth-order valence-electron chi connectivity index (χ4n) is 1.29. The van der Waals surface area contributed by atoms with Crippen molar-refractivity contribution in [2.45, 2.75) is 6.92 Å². The van der Waals surface area contributed by atoms with Crippen LogP contribution in [-0.4, -0.2) is 23.2 Å². The van der Waals surface area contributed by atoms with Crippen LogP contribution in [0.5, 0.6) is 0 Å². The number of hydrogen-bond donors (Lipinski definition) is 0. The number of aryl methyl sites for hydroxylation is 1. The summed E-state index contributed by atoms with van der Waals surface area (Å²) in [6, 6.07) is 4.94. The number of pyridine rings is 1. The molecule has 0 aliphatic carbocycles. The van der Waals surface area contributed by atoms with Crippen LogP contribution in [0, 0.1) is 6.92 Å². The normalized spacial score (nSPS) is 10.1. The lowest BCUT2D eigenvalue weighted by atomic mass is 10.2. The first-order valence-electron chi connectivity index (χ1n) is 4.69. The molecule has 0 saturated carbocycles. The number of carbonyl (C=O) groups excluding carboxylic acids is 1. The van der Waals surface area contributed by atoms with Crippen molar-refractivity contribution in [1.29, 1.82) is 0 Å². The molecule has 2 heterocycles. The zero-order valence-corrected chi connectivity index (χ0v) is 8.93. The molecule has 0 aromatic carbocycles. The fraction of sp³-hybridized carbons (Fsp3) is 0.182. The Hall–Kier alpha value is -2.17. The molecular weight excluding hydrogens is 208 g/mol. The van der Waals surface area contributed by atoms with Crippen LogP contribution in [0.25, 0.3) is 11.5 Å². The standard InChI is InChI=1S/C11H10N2O3/c1-7-5-10(16-13-7)9-6-8(3-4-12-9)11(14)15-2/h3-6H,1-2H3. The minimum absolute atomic E-state index is 0.403. The Labute approximate surface area is 92.0 Å². The van der Waals surface area contributed by atoms with Crippen LogP contribution in [0.3, 0.4) is 0 Å². The van der Waals surface area contributed by atoms with Gasteiger partial charge in [-0.25, -0.2) is 4.79 Å². The van der Waals surface area contributed by atoms with E-state index in [2.05, 4.69) is 14.9 Å². The number of aromatic nitrogens is 2. The summed E-state index contributed by atoms with van der Waals surface area (Å²) < 4.78 is 9.67. The van der Waals surface area contributed by atoms with Gasteiger partial charge in [0, 0.05) is 12.3 Å². The highest BCUT2D eigenvalue weighted by atomic mass is 16.5. The number of methoxy groups -OCH3 is 1. The van der Waals surface area contributed by atoms with Gasteiger partial charge >= 0.3 is 5.97 Å². The third-order valence-electron chi connectivity index (χ3n) is 2.06. The molecule has 5 heteroatoms. The molecular formula is C11H10N2O3. The highest BCUT2D eigenvalue weighted by Crippen LogP contribution is 2.18. The van der Waals surface area contributed by atoms with E-state index in [1.807, 2.05) is 6.92 Å². The predicted molar refractivity (Wildman–Crippen MR) is 55.8 cm³/mol. The average molecular weight is 218 g/mol. The predicted octanol–water partition coefficient (Wildman–Crippen LogP) is 1.83. The Morgan fingerprint density at radius 3 is 2.88 bits per heavy atom. The van der Waals surface area contributed by atoms with Crippen LogP contribution in [-0.2, 0) is 4.74 Å². The van der Waals surface area contributed by atoms with Crippen LogP contribution in [0.2, 0.25) is 0 Å². The summed E-state index contributed by atoms with van der Waals surface area (Å²) in [6.45, 7) is 1.82. The number of ether oxygens (including phenoxy) is 1. The highest BCUT2D eigenvalue weighted by molar-refractivity contribution is 5.90. The van der Waals surface area contributed by atoms with Gasteiger partial charge in [-0.15, -0.1) is 0 Å². The minimum atomic E-state index is -0.403. The monoisotopic (exact) mass is 218 g/mol. The molecule has 2 rings (SSSR count). The van der Waals surface area contributed by atoms with Crippen molar-refractivity contribution in [2.75, 3.05) is 7.11 Å². The summed E-state index contributed by atoms with van der Waals surface area (Å²) in [6.07, 6.45) is 1.53. The number of esters is 1. The first-order valence-corrected chi connectivity index (χ1v) is 4.69. The van der Waals surface area contributed by atoms with Crippen molar-refractivity contribution in [3.63, 3.8) is 0 Å². The molecule has 0 fully saturated rings. The maximum absolute atomic E-state index is 11.3. The molecule has 0 N–H and O–H groups in total. The third-order valence-corrected chi connectivity index (χ3v) is 2.06. The molecule has 5 nitrogen and oxygen atoms in total. The Kier molecular flexibility index (Phi) is 2.68. The van der Waals surface area contributed by atoms with Crippen LogP contribution >= 0.6 is 0 Å². The minimum Gasteiger partial charge on any atom is -0.465 e. The molecule has 0 aliphatic heterocycles. The summed E-state index contributed by atoms with van der Waals surface area (Å²) in [7, 11) is 1.33. The molecule has 0 unspecified atom stereocenters. The number of rotatable bonds is 2. The van der Waals surface area contributed by atoms with Gasteiger partial charge < -0.3 is 9.26 Å². The summed E-state index contributed by atoms with van der Waals surface area (Å²) in [5.74, 6) is 0.128. The molecule has 0 amide bonds. The van der Waals surface area contributed by atoms with E-state index in [1.165, 1.54) is 13.3 Å². The van der Waals surface area contributed by atoms with Crippen molar-refractivity contribution >= 4 is 5.97 Å². The molecule has 82 valence electrons. The second-order valence-corrected chi connectivity index (χ2v) is 3.25. The van der Waals surface area contributed by atoms with E-state index >= 15 is 0 Å². The van der Waals surface area contributed by atoms with E-state index in [0.717, 1.165) is 5.69 Å². The van der Waals surface area contributed by atoms with Crippen molar-refractivity contribution in [3.05, 3.63) is 35.7 Å². The molecule has 16 heavy (non-hydrogen) atoms. The van der Waals surface area contributed by atoms with Gasteiger partial charge in [-0.05, 0) is 19.1 Å². The Morgan fingerprint density at radius 2 is 2.25 bits per heavy atom. The van der Waals surface area contributed by atoms with E-state index in [1.54, 1.807) is 18.2 Å². The Balaban J connectivity index is 2.39. The van der Waals surface area contributed by atoms with E-state index < -0.39 is 5.97 Å². The van der Waals surface area contributed by atoms with Crippen LogP contribution in [0.15, 0.2) is 28.9 Å². The van der Waals surface area contributed by atoms with Gasteiger partial charge in [0.15, 0.2) is 5.76 Å². The lowest BCUT2D eigenvalue weighted by Crippen LogP contribution is -2.01. The van der Waals surface area contributed by atoms with Crippen molar-refractivity contribution < 1.29 is 14.1 Å². The summed E-state index contributed by atoms with van der Waals surface area (Å²) in [5.41, 5.74) is 1.75. The highest BCUT2D eigenvalue weighted by Gasteiger charge is 2.10. The van der Waals surface area contributed by atoms with E-state index in [9.17, 15) is 4.79 Å². The molecule has 0 aliphatic rings. The lowest BCUT2D eigenvalue weighted by Gasteiger charge is -1.99. The van der Waals surface area contributed by atoms with Crippen LogP contribution in [0.4, 0.5) is 0 Å². The summed E-state index contributed by atoms with van der Waals surface area (Å²) in [5, 5.41) is 3.76. The maximum atomic E-state index is 11.3. The lowest BCUT2D eigenvalue weighted by molar-refractivity contribution is 0.0600. The van der Waals surface area contributed by atoms with Gasteiger partial charge in [-0.2, -0.15) is 0 Å². The van der Waals surface area contributed by atoms with Gasteiger partial charge in [0.05, 0.1) is 18.4 Å². The largest absolute Gasteiger partial charge is 0.465 e. The third kappa shape index (κ3) is 1.93. The first-order chi connectivity index (χ1) is 7.70. The number of hydrogen-bond acceptors (Lipinski definition) is 5. The zero-order valence-electron chi connectivity index (χ0n) is 8.93. The molecule has 0 saturated heterocycles. The summed E-state index contributed by atoms with van der Waals surface area (Å²) in [4.78, 5) is 15.4. The molecule has 0 atom stereocenters. The smallest absolute Gasteiger partial charge is 0.337 e. The molecule has 2 aromatic rings. The van der Waals surface area contributed by atoms with Crippen LogP contribution in [0.1, 0.15) is 16.1 Å². The van der Waals surface area contributed by atoms with Gasteiger partial charge in [0.25, 0.3) is 0 Å². The maximum Gasteiger partial charge on any atom is 0.337 e. The zero-order chi connectivity index (χ0) is 11.5. The van der Waals surface area contributed by atoms with Gasteiger partial charge in [-0.1, -0.05) is 5.16 Å². The molecule has 2 aromatic heterocycles. The van der Waals surface area contributed by atoms with E-state index in [4.69, 9.17) is 4.52 Å². The Bertz CT molecular complexity index is 519. The van der Waals surface area contributed by atoms with Crippen molar-refractivity contribution in [3.8, 4) is 11.5 Å². The number of carbonyl (C=O) groups is 1. The number of nitrogens with zero attached hydrogens (tertiary/aromatic N) is 2. The molecule has 0 bridgehead atoms. The second kappa shape index (κ2) is 4.14. The van der Waals surface area contributed by atoms with E-state index in [-0.39, 0.29) is 0 Å². The topological polar surface area (TPSA) is 65.2 Å².